The van der Waals surface area contributed by atoms with Crippen molar-refractivity contribution < 1.29 is 9.53 Å². The summed E-state index contributed by atoms with van der Waals surface area (Å²) >= 11 is 0. The second-order valence-electron chi connectivity index (χ2n) is 3.49. The lowest BCUT2D eigenvalue weighted by Gasteiger charge is -2.03. The fourth-order valence-electron chi connectivity index (χ4n) is 0.832. The molecular weight excluding hydrogens is 178 g/mol. The lowest BCUT2D eigenvalue weighted by atomic mass is 10.3. The van der Waals surface area contributed by atoms with Crippen LogP contribution in [0.25, 0.3) is 0 Å². The molecular formula is C11H21NO2. The van der Waals surface area contributed by atoms with Gasteiger partial charge in [0.1, 0.15) is 0 Å². The van der Waals surface area contributed by atoms with Crippen molar-refractivity contribution in [3.63, 3.8) is 0 Å². The third-order valence-electron chi connectivity index (χ3n) is 1.68. The van der Waals surface area contributed by atoms with Crippen molar-refractivity contribution >= 4 is 5.97 Å². The fraction of sp³-hybridized carbons (Fsp3) is 0.727. The monoisotopic (exact) mass is 199 g/mol. The molecule has 0 aliphatic heterocycles. The van der Waals surface area contributed by atoms with E-state index >= 15 is 0 Å². The average molecular weight is 199 g/mol. The van der Waals surface area contributed by atoms with Gasteiger partial charge < -0.3 is 10.1 Å². The second kappa shape index (κ2) is 8.75. The van der Waals surface area contributed by atoms with Gasteiger partial charge in [0.2, 0.25) is 0 Å². The molecule has 0 fully saturated rings. The molecule has 0 aliphatic carbocycles. The predicted molar refractivity (Wildman–Crippen MR) is 58.2 cm³/mol. The van der Waals surface area contributed by atoms with Gasteiger partial charge in [-0.2, -0.15) is 0 Å². The first-order chi connectivity index (χ1) is 6.66. The van der Waals surface area contributed by atoms with Crippen molar-refractivity contribution in [2.45, 2.75) is 33.6 Å². The van der Waals surface area contributed by atoms with Crippen molar-refractivity contribution in [1.82, 2.24) is 5.32 Å². The van der Waals surface area contributed by atoms with E-state index in [0.717, 1.165) is 19.4 Å². The van der Waals surface area contributed by atoms with E-state index in [9.17, 15) is 4.79 Å². The predicted octanol–water partition coefficient (Wildman–Crippen LogP) is 1.89. The van der Waals surface area contributed by atoms with Crippen molar-refractivity contribution in [2.75, 3.05) is 19.7 Å². The Morgan fingerprint density at radius 2 is 2.14 bits per heavy atom. The minimum absolute atomic E-state index is 0.166. The third kappa shape index (κ3) is 9.26. The quantitative estimate of drug-likeness (QED) is 0.386. The van der Waals surface area contributed by atoms with Crippen LogP contribution in [0, 0.1) is 0 Å². The first kappa shape index (κ1) is 13.2. The van der Waals surface area contributed by atoms with Gasteiger partial charge in [0.05, 0.1) is 13.2 Å². The minimum atomic E-state index is -0.166. The Kier molecular flexibility index (Phi) is 8.24. The molecule has 1 N–H and O–H groups in total. The molecule has 82 valence electrons. The lowest BCUT2D eigenvalue weighted by Crippen LogP contribution is -2.25. The molecule has 0 aromatic heterocycles. The van der Waals surface area contributed by atoms with Crippen LogP contribution >= 0.6 is 0 Å². The van der Waals surface area contributed by atoms with Crippen molar-refractivity contribution in [2.24, 2.45) is 0 Å². The minimum Gasteiger partial charge on any atom is -0.465 e. The molecule has 14 heavy (non-hydrogen) atoms. The average Bonchev–Trinajstić information content (AvgIpc) is 2.13. The smallest absolute Gasteiger partial charge is 0.319 e. The van der Waals surface area contributed by atoms with Crippen LogP contribution in [-0.4, -0.2) is 25.7 Å². The third-order valence-corrected chi connectivity index (χ3v) is 1.68. The van der Waals surface area contributed by atoms with Gasteiger partial charge in [0.15, 0.2) is 0 Å². The molecule has 3 heteroatoms. The molecule has 0 aromatic rings. The normalized spacial score (nSPS) is 9.64. The molecule has 0 heterocycles. The van der Waals surface area contributed by atoms with Crippen molar-refractivity contribution in [3.05, 3.63) is 11.6 Å². The van der Waals surface area contributed by atoms with Crippen LogP contribution in [0.3, 0.4) is 0 Å². The molecule has 0 aliphatic rings. The second-order valence-corrected chi connectivity index (χ2v) is 3.49. The molecule has 0 radical (unpaired) electrons. The molecule has 3 nitrogen and oxygen atoms in total. The highest BCUT2D eigenvalue weighted by Crippen LogP contribution is 1.88. The first-order valence-corrected chi connectivity index (χ1v) is 5.16. The van der Waals surface area contributed by atoms with Gasteiger partial charge in [0, 0.05) is 6.54 Å². The van der Waals surface area contributed by atoms with Crippen molar-refractivity contribution in [1.29, 1.82) is 0 Å². The standard InChI is InChI=1S/C11H21NO2/c1-4-5-8-14-11(13)9-12-7-6-10(2)3/h6,12H,4-5,7-9H2,1-3H3. The zero-order chi connectivity index (χ0) is 10.8. The summed E-state index contributed by atoms with van der Waals surface area (Å²) in [5.41, 5.74) is 1.25. The topological polar surface area (TPSA) is 38.3 Å². The number of carbonyl (C=O) groups excluding carboxylic acids is 1. The zero-order valence-corrected chi connectivity index (χ0v) is 9.43. The summed E-state index contributed by atoms with van der Waals surface area (Å²) in [5.74, 6) is -0.166. The van der Waals surface area contributed by atoms with Gasteiger partial charge in [0.25, 0.3) is 0 Å². The summed E-state index contributed by atoms with van der Waals surface area (Å²) in [6, 6.07) is 0. The largest absolute Gasteiger partial charge is 0.465 e. The van der Waals surface area contributed by atoms with E-state index in [1.165, 1.54) is 5.57 Å². The highest BCUT2D eigenvalue weighted by atomic mass is 16.5. The lowest BCUT2D eigenvalue weighted by molar-refractivity contribution is -0.142. The van der Waals surface area contributed by atoms with Crippen LogP contribution in [0.15, 0.2) is 11.6 Å². The van der Waals surface area contributed by atoms with E-state index in [4.69, 9.17) is 4.74 Å². The van der Waals surface area contributed by atoms with Crippen LogP contribution in [0.5, 0.6) is 0 Å². The van der Waals surface area contributed by atoms with Gasteiger partial charge >= 0.3 is 5.97 Å². The summed E-state index contributed by atoms with van der Waals surface area (Å²) in [5, 5.41) is 2.99. The number of ether oxygens (including phenoxy) is 1. The van der Waals surface area contributed by atoms with Gasteiger partial charge in [-0.1, -0.05) is 25.0 Å². The number of rotatable bonds is 7. The molecule has 0 spiro atoms. The first-order valence-electron chi connectivity index (χ1n) is 5.16. The number of esters is 1. The maximum atomic E-state index is 11.1. The van der Waals surface area contributed by atoms with Crippen LogP contribution in [0.1, 0.15) is 33.6 Å². The highest BCUT2D eigenvalue weighted by Gasteiger charge is 1.99. The molecule has 0 saturated carbocycles. The maximum absolute atomic E-state index is 11.1. The Bertz CT molecular complexity index is 184. The van der Waals surface area contributed by atoms with E-state index in [-0.39, 0.29) is 5.97 Å². The number of unbranched alkanes of at least 4 members (excludes halogenated alkanes) is 1. The molecule has 0 aromatic carbocycles. The summed E-state index contributed by atoms with van der Waals surface area (Å²) in [4.78, 5) is 11.1. The SMILES string of the molecule is CCCCOC(=O)CNCC=C(C)C. The van der Waals surface area contributed by atoms with Crippen LogP contribution in [0.4, 0.5) is 0 Å². The molecule has 0 saturated heterocycles. The van der Waals surface area contributed by atoms with E-state index < -0.39 is 0 Å². The van der Waals surface area contributed by atoms with E-state index in [1.54, 1.807) is 0 Å². The number of allylic oxidation sites excluding steroid dienone is 1. The Hall–Kier alpha value is -0.830. The molecule has 0 amide bonds. The number of hydrogen-bond acceptors (Lipinski definition) is 3. The summed E-state index contributed by atoms with van der Waals surface area (Å²) in [6.07, 6.45) is 4.04. The Labute approximate surface area is 86.5 Å². The van der Waals surface area contributed by atoms with Crippen LogP contribution in [-0.2, 0) is 9.53 Å². The number of hydrogen-bond donors (Lipinski definition) is 1. The Morgan fingerprint density at radius 1 is 1.43 bits per heavy atom. The van der Waals surface area contributed by atoms with Gasteiger partial charge in [-0.15, -0.1) is 0 Å². The Morgan fingerprint density at radius 3 is 2.71 bits per heavy atom. The highest BCUT2D eigenvalue weighted by molar-refractivity contribution is 5.71. The number of carbonyl (C=O) groups is 1. The van der Waals surface area contributed by atoms with Crippen LogP contribution < -0.4 is 5.32 Å². The van der Waals surface area contributed by atoms with Gasteiger partial charge in [-0.05, 0) is 20.3 Å². The Balaban J connectivity index is 3.31. The fourth-order valence-corrected chi connectivity index (χ4v) is 0.832. The van der Waals surface area contributed by atoms with E-state index in [0.29, 0.717) is 13.2 Å². The van der Waals surface area contributed by atoms with Crippen molar-refractivity contribution in [3.8, 4) is 0 Å². The molecule has 0 unspecified atom stereocenters. The molecule has 0 rings (SSSR count). The summed E-state index contributed by atoms with van der Waals surface area (Å²) < 4.78 is 4.97. The van der Waals surface area contributed by atoms with Gasteiger partial charge in [-0.3, -0.25) is 4.79 Å². The molecule has 0 atom stereocenters. The number of nitrogens with one attached hydrogen (secondary N) is 1. The molecule has 0 bridgehead atoms. The van der Waals surface area contributed by atoms with Gasteiger partial charge in [-0.25, -0.2) is 0 Å². The van der Waals surface area contributed by atoms with Crippen LogP contribution in [0.2, 0.25) is 0 Å². The zero-order valence-electron chi connectivity index (χ0n) is 9.43. The summed E-state index contributed by atoms with van der Waals surface area (Å²) in [7, 11) is 0. The maximum Gasteiger partial charge on any atom is 0.319 e. The summed E-state index contributed by atoms with van der Waals surface area (Å²) in [6.45, 7) is 7.70. The van der Waals surface area contributed by atoms with E-state index in [1.807, 2.05) is 19.9 Å². The van der Waals surface area contributed by atoms with E-state index in [2.05, 4.69) is 12.2 Å².